The highest BCUT2D eigenvalue weighted by molar-refractivity contribution is 7.22. The second-order valence-corrected chi connectivity index (χ2v) is 11.2. The quantitative estimate of drug-likeness (QED) is 0.191. The minimum atomic E-state index is -0.822. The zero-order chi connectivity index (χ0) is 26.5. The van der Waals surface area contributed by atoms with Crippen molar-refractivity contribution in [2.75, 3.05) is 12.0 Å². The number of nitrogens with zero attached hydrogens (tertiary/aromatic N) is 2. The largest absolute Gasteiger partial charge is 0.507 e. The number of ether oxygens (including phenoxy) is 1. The van der Waals surface area contributed by atoms with Gasteiger partial charge in [-0.15, -0.1) is 0 Å². The molecule has 0 radical (unpaired) electrons. The number of hydrogen-bond donors (Lipinski definition) is 1. The van der Waals surface area contributed by atoms with Gasteiger partial charge in [0.2, 0.25) is 0 Å². The van der Waals surface area contributed by atoms with Gasteiger partial charge in [-0.25, -0.2) is 4.98 Å². The number of rotatable bonds is 4. The summed E-state index contributed by atoms with van der Waals surface area (Å²) < 4.78 is 6.16. The fraction of sp³-hybridized carbons (Fsp3) is 0.233. The lowest BCUT2D eigenvalue weighted by atomic mass is 9.85. The van der Waals surface area contributed by atoms with Gasteiger partial charge in [-0.05, 0) is 41.7 Å². The summed E-state index contributed by atoms with van der Waals surface area (Å²) in [6.45, 7) is 8.32. The molecule has 1 atom stereocenters. The number of methoxy groups -OCH3 is 1. The van der Waals surface area contributed by atoms with Crippen LogP contribution in [-0.2, 0) is 15.0 Å². The van der Waals surface area contributed by atoms with Crippen molar-refractivity contribution in [1.29, 1.82) is 0 Å². The third kappa shape index (κ3) is 4.40. The summed E-state index contributed by atoms with van der Waals surface area (Å²) in [5.74, 6) is -0.976. The van der Waals surface area contributed by atoms with Gasteiger partial charge in [0.05, 0.1) is 28.9 Å². The lowest BCUT2D eigenvalue weighted by Crippen LogP contribution is -2.29. The number of aryl methyl sites for hydroxylation is 1. The molecule has 5 rings (SSSR count). The van der Waals surface area contributed by atoms with Gasteiger partial charge in [0.1, 0.15) is 11.5 Å². The maximum atomic E-state index is 13.5. The topological polar surface area (TPSA) is 79.7 Å². The number of aromatic nitrogens is 1. The van der Waals surface area contributed by atoms with Crippen LogP contribution in [0.1, 0.15) is 49.1 Å². The van der Waals surface area contributed by atoms with Crippen LogP contribution in [0.25, 0.3) is 16.0 Å². The van der Waals surface area contributed by atoms with Crippen molar-refractivity contribution >= 4 is 44.1 Å². The van der Waals surface area contributed by atoms with Gasteiger partial charge in [0.15, 0.2) is 5.13 Å². The van der Waals surface area contributed by atoms with Gasteiger partial charge in [0.25, 0.3) is 5.78 Å². The zero-order valence-electron chi connectivity index (χ0n) is 21.4. The number of carbonyl (C=O) groups is 2. The molecular weight excluding hydrogens is 484 g/mol. The third-order valence-electron chi connectivity index (χ3n) is 6.65. The summed E-state index contributed by atoms with van der Waals surface area (Å²) in [6.07, 6.45) is 0. The summed E-state index contributed by atoms with van der Waals surface area (Å²) in [4.78, 5) is 33.0. The molecule has 0 spiro atoms. The Morgan fingerprint density at radius 2 is 1.68 bits per heavy atom. The number of aliphatic hydroxyl groups is 1. The number of hydrogen-bond acceptors (Lipinski definition) is 6. The van der Waals surface area contributed by atoms with E-state index >= 15 is 0 Å². The summed E-state index contributed by atoms with van der Waals surface area (Å²) >= 11 is 1.30. The molecule has 7 heteroatoms. The van der Waals surface area contributed by atoms with Crippen molar-refractivity contribution in [1.82, 2.24) is 4.98 Å². The molecule has 0 saturated carbocycles. The highest BCUT2D eigenvalue weighted by atomic mass is 32.1. The van der Waals surface area contributed by atoms with Gasteiger partial charge in [-0.2, -0.15) is 0 Å². The number of anilines is 1. The van der Waals surface area contributed by atoms with Crippen LogP contribution in [0.3, 0.4) is 0 Å². The Hall–Kier alpha value is -3.97. The Kier molecular flexibility index (Phi) is 6.12. The van der Waals surface area contributed by atoms with Crippen LogP contribution in [-0.4, -0.2) is 28.9 Å². The molecule has 3 aromatic carbocycles. The van der Waals surface area contributed by atoms with E-state index in [1.54, 1.807) is 25.3 Å². The molecule has 1 aliphatic heterocycles. The van der Waals surface area contributed by atoms with E-state index in [2.05, 4.69) is 25.8 Å². The van der Waals surface area contributed by atoms with Crippen LogP contribution in [0.4, 0.5) is 5.13 Å². The first-order chi connectivity index (χ1) is 17.6. The second kappa shape index (κ2) is 9.16. The van der Waals surface area contributed by atoms with Crippen molar-refractivity contribution in [2.45, 2.75) is 39.2 Å². The van der Waals surface area contributed by atoms with Crippen molar-refractivity contribution < 1.29 is 19.4 Å². The number of fused-ring (bicyclic) bond motifs is 1. The van der Waals surface area contributed by atoms with Crippen LogP contribution in [0.2, 0.25) is 0 Å². The zero-order valence-corrected chi connectivity index (χ0v) is 22.2. The smallest absolute Gasteiger partial charge is 0.301 e. The minimum absolute atomic E-state index is 0.0502. The fourth-order valence-corrected chi connectivity index (χ4v) is 5.52. The van der Waals surface area contributed by atoms with E-state index in [4.69, 9.17) is 4.74 Å². The predicted octanol–water partition coefficient (Wildman–Crippen LogP) is 6.54. The summed E-state index contributed by atoms with van der Waals surface area (Å²) in [5, 5.41) is 11.7. The van der Waals surface area contributed by atoms with Gasteiger partial charge in [-0.1, -0.05) is 86.2 Å². The van der Waals surface area contributed by atoms with Crippen molar-refractivity contribution in [3.8, 4) is 5.75 Å². The first kappa shape index (κ1) is 24.7. The lowest BCUT2D eigenvalue weighted by Gasteiger charge is -2.24. The van der Waals surface area contributed by atoms with Gasteiger partial charge in [0, 0.05) is 5.56 Å². The molecule has 1 amide bonds. The average Bonchev–Trinajstić information content (AvgIpc) is 3.41. The van der Waals surface area contributed by atoms with Crippen LogP contribution in [0.5, 0.6) is 5.75 Å². The van der Waals surface area contributed by atoms with Gasteiger partial charge in [-0.3, -0.25) is 14.5 Å². The Labute approximate surface area is 219 Å². The van der Waals surface area contributed by atoms with Crippen molar-refractivity contribution in [3.05, 3.63) is 94.6 Å². The number of benzene rings is 3. The minimum Gasteiger partial charge on any atom is -0.507 e. The van der Waals surface area contributed by atoms with Gasteiger partial charge >= 0.3 is 5.91 Å². The molecule has 2 heterocycles. The SMILES string of the molecule is COc1ccc2nc(N3C(=O)C(=O)C(=C(O)c4ccc(C)cc4)[C@@H]3c3ccc(C(C)(C)C)cc3)sc2c1. The maximum absolute atomic E-state index is 13.5. The monoisotopic (exact) mass is 512 g/mol. The van der Waals surface area contributed by atoms with E-state index < -0.39 is 17.7 Å². The van der Waals surface area contributed by atoms with E-state index in [-0.39, 0.29) is 16.7 Å². The van der Waals surface area contributed by atoms with E-state index in [0.717, 1.165) is 21.4 Å². The highest BCUT2D eigenvalue weighted by Crippen LogP contribution is 2.45. The first-order valence-electron chi connectivity index (χ1n) is 12.0. The molecule has 1 N–H and O–H groups in total. The number of Topliss-reactive ketones (excluding diaryl/α,β-unsaturated/α-hetero) is 1. The molecule has 0 unspecified atom stereocenters. The molecule has 1 fully saturated rings. The molecule has 0 bridgehead atoms. The van der Waals surface area contributed by atoms with Crippen LogP contribution in [0.15, 0.2) is 72.3 Å². The van der Waals surface area contributed by atoms with Crippen LogP contribution < -0.4 is 9.64 Å². The number of carbonyl (C=O) groups excluding carboxylic acids is 2. The molecule has 1 aromatic heterocycles. The van der Waals surface area contributed by atoms with E-state index in [9.17, 15) is 14.7 Å². The molecule has 0 aliphatic carbocycles. The molecule has 188 valence electrons. The van der Waals surface area contributed by atoms with Crippen LogP contribution in [0, 0.1) is 6.92 Å². The molecule has 6 nitrogen and oxygen atoms in total. The number of amides is 1. The average molecular weight is 513 g/mol. The maximum Gasteiger partial charge on any atom is 0.301 e. The van der Waals surface area contributed by atoms with E-state index in [1.807, 2.05) is 55.5 Å². The Morgan fingerprint density at radius 1 is 1.00 bits per heavy atom. The third-order valence-corrected chi connectivity index (χ3v) is 7.67. The summed E-state index contributed by atoms with van der Waals surface area (Å²) in [6, 6.07) is 19.7. The highest BCUT2D eigenvalue weighted by Gasteiger charge is 2.48. The molecule has 1 aliphatic rings. The second-order valence-electron chi connectivity index (χ2n) is 10.2. The Balaban J connectivity index is 1.70. The van der Waals surface area contributed by atoms with E-state index in [0.29, 0.717) is 22.0 Å². The Morgan fingerprint density at radius 3 is 2.30 bits per heavy atom. The summed E-state index contributed by atoms with van der Waals surface area (Å²) in [5.41, 5.74) is 4.04. The first-order valence-corrected chi connectivity index (χ1v) is 12.8. The number of ketones is 1. The molecule has 37 heavy (non-hydrogen) atoms. The normalized spacial score (nSPS) is 17.5. The number of aliphatic hydroxyl groups excluding tert-OH is 1. The van der Waals surface area contributed by atoms with E-state index in [1.165, 1.54) is 16.2 Å². The van der Waals surface area contributed by atoms with Crippen molar-refractivity contribution in [3.63, 3.8) is 0 Å². The summed E-state index contributed by atoms with van der Waals surface area (Å²) in [7, 11) is 1.59. The van der Waals surface area contributed by atoms with Gasteiger partial charge < -0.3 is 9.84 Å². The molecule has 1 saturated heterocycles. The molecular formula is C30H28N2O4S. The standard InChI is InChI=1S/C30H28N2O4S/c1-17-6-8-19(9-7-17)26(33)24-25(18-10-12-20(13-11-18)30(2,3)4)32(28(35)27(24)34)29-31-22-15-14-21(36-5)16-23(22)37-29/h6-16,25,33H,1-5H3/t25-/m0/s1. The molecule has 4 aromatic rings. The van der Waals surface area contributed by atoms with Crippen LogP contribution >= 0.6 is 11.3 Å². The predicted molar refractivity (Wildman–Crippen MR) is 147 cm³/mol. The van der Waals surface area contributed by atoms with Crippen molar-refractivity contribution in [2.24, 2.45) is 0 Å². The number of thiazole rings is 1. The lowest BCUT2D eigenvalue weighted by molar-refractivity contribution is -0.132. The Bertz CT molecular complexity index is 1540. The fourth-order valence-electron chi connectivity index (χ4n) is 4.50.